The molecule has 1 aromatic carbocycles. The van der Waals surface area contributed by atoms with Gasteiger partial charge in [0.1, 0.15) is 5.82 Å². The highest BCUT2D eigenvalue weighted by atomic mass is 19.1. The third-order valence-electron chi connectivity index (χ3n) is 2.57. The third kappa shape index (κ3) is 1.80. The second-order valence-electron chi connectivity index (χ2n) is 3.67. The lowest BCUT2D eigenvalue weighted by Gasteiger charge is -2.16. The molecule has 0 fully saturated rings. The Morgan fingerprint density at radius 1 is 1.29 bits per heavy atom. The lowest BCUT2D eigenvalue weighted by molar-refractivity contribution is -0.114. The summed E-state index contributed by atoms with van der Waals surface area (Å²) in [7, 11) is 1.67. The van der Waals surface area contributed by atoms with Crippen LogP contribution in [0.3, 0.4) is 0 Å². The average molecular weight is 240 g/mol. The highest BCUT2D eigenvalue weighted by molar-refractivity contribution is 6.52. The molecule has 1 heterocycles. The summed E-state index contributed by atoms with van der Waals surface area (Å²) in [5.41, 5.74) is -0.333. The lowest BCUT2D eigenvalue weighted by atomic mass is 10.1. The van der Waals surface area contributed by atoms with E-state index in [1.807, 2.05) is 0 Å². The van der Waals surface area contributed by atoms with Gasteiger partial charge in [-0.05, 0) is 13.1 Å². The number of nitrogens with zero attached hydrogens (tertiary/aromatic N) is 1. The van der Waals surface area contributed by atoms with Gasteiger partial charge in [0.25, 0.3) is 11.7 Å². The van der Waals surface area contributed by atoms with Gasteiger partial charge in [-0.3, -0.25) is 9.59 Å². The fourth-order valence-corrected chi connectivity index (χ4v) is 1.79. The van der Waals surface area contributed by atoms with E-state index in [0.29, 0.717) is 12.6 Å². The van der Waals surface area contributed by atoms with Crippen LogP contribution in [0.4, 0.5) is 14.5 Å². The van der Waals surface area contributed by atoms with Crippen molar-refractivity contribution in [3.05, 3.63) is 29.3 Å². The number of anilines is 1. The van der Waals surface area contributed by atoms with Gasteiger partial charge in [-0.2, -0.15) is 0 Å². The van der Waals surface area contributed by atoms with Crippen molar-refractivity contribution in [3.63, 3.8) is 0 Å². The molecule has 0 bridgehead atoms. The number of likely N-dealkylation sites (N-methyl/N-ethyl adjacent to an activating group) is 1. The number of carbonyl (C=O) groups is 2. The predicted octanol–water partition coefficient (Wildman–Crippen LogP) is 0.713. The Labute approximate surface area is 96.2 Å². The number of benzene rings is 1. The summed E-state index contributed by atoms with van der Waals surface area (Å²) >= 11 is 0. The molecular formula is C11H10F2N2O2. The molecule has 1 amide bonds. The van der Waals surface area contributed by atoms with E-state index in [0.717, 1.165) is 11.0 Å². The molecule has 1 aromatic rings. The summed E-state index contributed by atoms with van der Waals surface area (Å²) in [5.74, 6) is -3.44. The van der Waals surface area contributed by atoms with Crippen LogP contribution in [-0.2, 0) is 4.79 Å². The zero-order chi connectivity index (χ0) is 12.6. The third-order valence-corrected chi connectivity index (χ3v) is 2.57. The number of fused-ring (bicyclic) bond motifs is 1. The number of hydrogen-bond acceptors (Lipinski definition) is 3. The Hall–Kier alpha value is -1.82. The van der Waals surface area contributed by atoms with E-state index in [-0.39, 0.29) is 17.8 Å². The van der Waals surface area contributed by atoms with Crippen LogP contribution >= 0.6 is 0 Å². The van der Waals surface area contributed by atoms with Crippen molar-refractivity contribution in [2.45, 2.75) is 0 Å². The molecule has 0 atom stereocenters. The van der Waals surface area contributed by atoms with Gasteiger partial charge in [0.2, 0.25) is 0 Å². The van der Waals surface area contributed by atoms with E-state index >= 15 is 0 Å². The van der Waals surface area contributed by atoms with E-state index in [1.165, 1.54) is 0 Å². The van der Waals surface area contributed by atoms with Gasteiger partial charge in [-0.1, -0.05) is 0 Å². The number of amides is 1. The van der Waals surface area contributed by atoms with Gasteiger partial charge in [0.05, 0.1) is 11.3 Å². The second kappa shape index (κ2) is 4.21. The summed E-state index contributed by atoms with van der Waals surface area (Å²) in [6.07, 6.45) is 0. The van der Waals surface area contributed by atoms with Gasteiger partial charge >= 0.3 is 0 Å². The largest absolute Gasteiger partial charge is 0.318 e. The molecule has 0 spiro atoms. The average Bonchev–Trinajstić information content (AvgIpc) is 2.51. The molecule has 90 valence electrons. The van der Waals surface area contributed by atoms with Crippen LogP contribution in [-0.4, -0.2) is 31.8 Å². The maximum absolute atomic E-state index is 13.6. The van der Waals surface area contributed by atoms with E-state index in [1.54, 1.807) is 7.05 Å². The van der Waals surface area contributed by atoms with Crippen molar-refractivity contribution in [2.24, 2.45) is 0 Å². The number of carbonyl (C=O) groups excluding carboxylic acids is 2. The van der Waals surface area contributed by atoms with Crippen LogP contribution in [0, 0.1) is 11.6 Å². The van der Waals surface area contributed by atoms with Gasteiger partial charge in [0.15, 0.2) is 5.82 Å². The van der Waals surface area contributed by atoms with Crippen LogP contribution in [0.1, 0.15) is 10.4 Å². The van der Waals surface area contributed by atoms with E-state index in [2.05, 4.69) is 5.32 Å². The van der Waals surface area contributed by atoms with Crippen LogP contribution in [0.25, 0.3) is 0 Å². The fraction of sp³-hybridized carbons (Fsp3) is 0.273. The highest BCUT2D eigenvalue weighted by Crippen LogP contribution is 2.32. The Bertz CT molecular complexity index is 502. The standard InChI is InChI=1S/C11H10F2N2O2/c1-14-2-3-15-9-7(10(16)11(15)17)4-6(12)5-8(9)13/h4-5,14H,2-3H2,1H3. The minimum Gasteiger partial charge on any atom is -0.318 e. The number of nitrogens with one attached hydrogen (secondary N) is 1. The quantitative estimate of drug-likeness (QED) is 0.792. The van der Waals surface area contributed by atoms with Crippen molar-refractivity contribution in [2.75, 3.05) is 25.0 Å². The summed E-state index contributed by atoms with van der Waals surface area (Å²) in [6.45, 7) is 0.575. The Kier molecular flexibility index (Phi) is 2.89. The van der Waals surface area contributed by atoms with Crippen LogP contribution < -0.4 is 10.2 Å². The molecule has 0 radical (unpaired) electrons. The molecule has 0 aliphatic carbocycles. The maximum Gasteiger partial charge on any atom is 0.299 e. The first-order chi connectivity index (χ1) is 8.06. The number of Topliss-reactive ketones (excluding diaryl/α,β-unsaturated/α-hetero) is 1. The first kappa shape index (κ1) is 11.7. The smallest absolute Gasteiger partial charge is 0.299 e. The van der Waals surface area contributed by atoms with Gasteiger partial charge in [0, 0.05) is 19.2 Å². The number of halogens is 2. The van der Waals surface area contributed by atoms with Crippen LogP contribution in [0.15, 0.2) is 12.1 Å². The van der Waals surface area contributed by atoms with Crippen molar-refractivity contribution in [1.29, 1.82) is 0 Å². The first-order valence-electron chi connectivity index (χ1n) is 5.06. The fourth-order valence-electron chi connectivity index (χ4n) is 1.79. The van der Waals surface area contributed by atoms with Crippen molar-refractivity contribution >= 4 is 17.4 Å². The summed E-state index contributed by atoms with van der Waals surface area (Å²) < 4.78 is 26.5. The van der Waals surface area contributed by atoms with Crippen molar-refractivity contribution in [1.82, 2.24) is 5.32 Å². The predicted molar refractivity (Wildman–Crippen MR) is 57.0 cm³/mol. The van der Waals surface area contributed by atoms with E-state index in [9.17, 15) is 18.4 Å². The molecule has 6 heteroatoms. The SMILES string of the molecule is CNCCN1C(=O)C(=O)c2cc(F)cc(F)c21. The first-order valence-corrected chi connectivity index (χ1v) is 5.06. The zero-order valence-electron chi connectivity index (χ0n) is 9.09. The highest BCUT2D eigenvalue weighted by Gasteiger charge is 2.38. The topological polar surface area (TPSA) is 49.4 Å². The number of ketones is 1. The zero-order valence-corrected chi connectivity index (χ0v) is 9.09. The summed E-state index contributed by atoms with van der Waals surface area (Å²) in [4.78, 5) is 24.2. The molecule has 1 aliphatic heterocycles. The molecular weight excluding hydrogens is 230 g/mol. The molecule has 1 N–H and O–H groups in total. The number of rotatable bonds is 3. The molecule has 0 unspecified atom stereocenters. The van der Waals surface area contributed by atoms with Crippen molar-refractivity contribution < 1.29 is 18.4 Å². The van der Waals surface area contributed by atoms with Crippen molar-refractivity contribution in [3.8, 4) is 0 Å². The second-order valence-corrected chi connectivity index (χ2v) is 3.67. The Morgan fingerprint density at radius 3 is 2.65 bits per heavy atom. The Morgan fingerprint density at radius 2 is 2.00 bits per heavy atom. The molecule has 0 aromatic heterocycles. The van der Waals surface area contributed by atoms with E-state index in [4.69, 9.17) is 0 Å². The lowest BCUT2D eigenvalue weighted by Crippen LogP contribution is -2.35. The van der Waals surface area contributed by atoms with Crippen LogP contribution in [0.2, 0.25) is 0 Å². The molecule has 4 nitrogen and oxygen atoms in total. The summed E-state index contributed by atoms with van der Waals surface area (Å²) in [5, 5.41) is 2.79. The maximum atomic E-state index is 13.6. The monoisotopic (exact) mass is 240 g/mol. The number of hydrogen-bond donors (Lipinski definition) is 1. The molecule has 0 saturated carbocycles. The molecule has 0 saturated heterocycles. The van der Waals surface area contributed by atoms with Gasteiger partial charge in [-0.15, -0.1) is 0 Å². The normalized spacial score (nSPS) is 14.4. The Balaban J connectivity index is 2.48. The minimum absolute atomic E-state index is 0.128. The molecule has 17 heavy (non-hydrogen) atoms. The van der Waals surface area contributed by atoms with Gasteiger partial charge < -0.3 is 10.2 Å². The van der Waals surface area contributed by atoms with E-state index < -0.39 is 23.3 Å². The molecule has 2 rings (SSSR count). The van der Waals surface area contributed by atoms with Crippen LogP contribution in [0.5, 0.6) is 0 Å². The molecule has 1 aliphatic rings. The minimum atomic E-state index is -0.893. The summed E-state index contributed by atoms with van der Waals surface area (Å²) in [6, 6.07) is 1.55. The van der Waals surface area contributed by atoms with Gasteiger partial charge in [-0.25, -0.2) is 8.78 Å².